The summed E-state index contributed by atoms with van der Waals surface area (Å²) < 4.78 is 5.21. The molecule has 1 aromatic rings. The minimum absolute atomic E-state index is 0.0776. The Hall–Kier alpha value is -1.88. The largest absolute Gasteiger partial charge is 0.480 e. The van der Waals surface area contributed by atoms with Crippen LogP contribution in [0.4, 0.5) is 5.69 Å². The number of carboxylic acids is 1. The molecule has 0 spiro atoms. The number of anilines is 1. The Morgan fingerprint density at radius 2 is 2.11 bits per heavy atom. The summed E-state index contributed by atoms with van der Waals surface area (Å²) in [7, 11) is 1.61. The number of carbonyl (C=O) groups excluding carboxylic acids is 1. The number of carbonyl (C=O) groups is 2. The third kappa shape index (κ3) is 2.61. The molecule has 0 aromatic heterocycles. The minimum atomic E-state index is -1.22. The van der Waals surface area contributed by atoms with Crippen LogP contribution in [0.1, 0.15) is 31.4 Å². The Morgan fingerprint density at radius 1 is 1.42 bits per heavy atom. The molecule has 5 nitrogen and oxygen atoms in total. The van der Waals surface area contributed by atoms with Gasteiger partial charge in [-0.15, -0.1) is 0 Å². The van der Waals surface area contributed by atoms with Crippen molar-refractivity contribution in [2.75, 3.05) is 12.4 Å². The van der Waals surface area contributed by atoms with Crippen molar-refractivity contribution in [3.8, 4) is 0 Å². The molecule has 1 aliphatic carbocycles. The van der Waals surface area contributed by atoms with E-state index in [0.717, 1.165) is 5.56 Å². The van der Waals surface area contributed by atoms with Gasteiger partial charge in [-0.1, -0.05) is 12.1 Å². The molecule has 1 amide bonds. The Morgan fingerprint density at radius 3 is 2.63 bits per heavy atom. The van der Waals surface area contributed by atoms with E-state index in [4.69, 9.17) is 9.84 Å². The van der Waals surface area contributed by atoms with Crippen LogP contribution in [0.15, 0.2) is 24.3 Å². The fourth-order valence-electron chi connectivity index (χ4n) is 1.92. The van der Waals surface area contributed by atoms with E-state index in [1.54, 1.807) is 25.3 Å². The summed E-state index contributed by atoms with van der Waals surface area (Å²) in [4.78, 5) is 23.0. The van der Waals surface area contributed by atoms with E-state index in [9.17, 15) is 9.59 Å². The molecule has 19 heavy (non-hydrogen) atoms. The third-order valence-corrected chi connectivity index (χ3v) is 3.56. The monoisotopic (exact) mass is 263 g/mol. The van der Waals surface area contributed by atoms with E-state index >= 15 is 0 Å². The summed E-state index contributed by atoms with van der Waals surface area (Å²) in [6.45, 7) is 1.90. The molecule has 1 saturated carbocycles. The van der Waals surface area contributed by atoms with Gasteiger partial charge >= 0.3 is 5.97 Å². The number of ether oxygens (including phenoxy) is 1. The fourth-order valence-corrected chi connectivity index (χ4v) is 1.92. The second kappa shape index (κ2) is 5.01. The van der Waals surface area contributed by atoms with Crippen molar-refractivity contribution < 1.29 is 19.4 Å². The van der Waals surface area contributed by atoms with Crippen molar-refractivity contribution in [1.29, 1.82) is 0 Å². The predicted octanol–water partition coefficient (Wildman–Crippen LogP) is 2.20. The van der Waals surface area contributed by atoms with Crippen LogP contribution < -0.4 is 5.32 Å². The lowest BCUT2D eigenvalue weighted by Crippen LogP contribution is -2.31. The maximum atomic E-state index is 12.0. The van der Waals surface area contributed by atoms with E-state index in [0.29, 0.717) is 18.5 Å². The van der Waals surface area contributed by atoms with Gasteiger partial charge in [0.2, 0.25) is 5.91 Å². The van der Waals surface area contributed by atoms with E-state index < -0.39 is 17.3 Å². The zero-order chi connectivity index (χ0) is 14.0. The highest BCUT2D eigenvalue weighted by Crippen LogP contribution is 2.46. The molecule has 5 heteroatoms. The molecule has 0 radical (unpaired) electrons. The molecule has 0 heterocycles. The first-order chi connectivity index (χ1) is 8.99. The highest BCUT2D eigenvalue weighted by atomic mass is 16.5. The van der Waals surface area contributed by atoms with Crippen molar-refractivity contribution in [3.05, 3.63) is 29.8 Å². The average molecular weight is 263 g/mol. The Labute approximate surface area is 111 Å². The number of benzene rings is 1. The van der Waals surface area contributed by atoms with Crippen LogP contribution in [0.3, 0.4) is 0 Å². The standard InChI is InChI=1S/C14H17NO4/c1-9(19-2)10-4-3-5-11(8-10)15-12(16)14(6-7-14)13(17)18/h3-5,8-9H,6-7H2,1-2H3,(H,15,16)(H,17,18). The van der Waals surface area contributed by atoms with Gasteiger partial charge in [0.05, 0.1) is 6.10 Å². The zero-order valence-electron chi connectivity index (χ0n) is 11.0. The summed E-state index contributed by atoms with van der Waals surface area (Å²) >= 11 is 0. The van der Waals surface area contributed by atoms with Gasteiger partial charge in [-0.25, -0.2) is 0 Å². The zero-order valence-corrected chi connectivity index (χ0v) is 11.0. The highest BCUT2D eigenvalue weighted by molar-refractivity contribution is 6.10. The number of nitrogens with one attached hydrogen (secondary N) is 1. The molecule has 1 atom stereocenters. The lowest BCUT2D eigenvalue weighted by Gasteiger charge is -2.14. The minimum Gasteiger partial charge on any atom is -0.480 e. The number of aliphatic carboxylic acids is 1. The maximum absolute atomic E-state index is 12.0. The van der Waals surface area contributed by atoms with Gasteiger partial charge in [0.25, 0.3) is 0 Å². The van der Waals surface area contributed by atoms with Crippen molar-refractivity contribution in [2.45, 2.75) is 25.9 Å². The molecular formula is C14H17NO4. The quantitative estimate of drug-likeness (QED) is 0.798. The van der Waals surface area contributed by atoms with Gasteiger partial charge in [0.1, 0.15) is 5.41 Å². The van der Waals surface area contributed by atoms with E-state index in [-0.39, 0.29) is 6.10 Å². The Kier molecular flexibility index (Phi) is 3.57. The number of methoxy groups -OCH3 is 1. The van der Waals surface area contributed by atoms with Crippen molar-refractivity contribution in [2.24, 2.45) is 5.41 Å². The number of rotatable bonds is 5. The van der Waals surface area contributed by atoms with Gasteiger partial charge in [-0.05, 0) is 37.5 Å². The molecule has 1 unspecified atom stereocenters. The summed E-state index contributed by atoms with van der Waals surface area (Å²) in [5.74, 6) is -1.49. The van der Waals surface area contributed by atoms with Crippen LogP contribution in [0.25, 0.3) is 0 Å². The average Bonchev–Trinajstić information content (AvgIpc) is 3.19. The van der Waals surface area contributed by atoms with Crippen LogP contribution in [-0.2, 0) is 14.3 Å². The fraction of sp³-hybridized carbons (Fsp3) is 0.429. The molecule has 0 saturated heterocycles. The Bertz CT molecular complexity index is 508. The molecular weight excluding hydrogens is 246 g/mol. The summed E-state index contributed by atoms with van der Waals surface area (Å²) in [6, 6.07) is 7.24. The van der Waals surface area contributed by atoms with E-state index in [1.165, 1.54) is 0 Å². The number of hydrogen-bond donors (Lipinski definition) is 2. The smallest absolute Gasteiger partial charge is 0.319 e. The maximum Gasteiger partial charge on any atom is 0.319 e. The van der Waals surface area contributed by atoms with Gasteiger partial charge < -0.3 is 15.2 Å². The SMILES string of the molecule is COC(C)c1cccc(NC(=O)C2(C(=O)O)CC2)c1. The van der Waals surface area contributed by atoms with Crippen LogP contribution in [0.2, 0.25) is 0 Å². The second-order valence-electron chi connectivity index (χ2n) is 4.84. The first-order valence-electron chi connectivity index (χ1n) is 6.17. The number of hydrogen-bond acceptors (Lipinski definition) is 3. The second-order valence-corrected chi connectivity index (χ2v) is 4.84. The molecule has 0 aliphatic heterocycles. The molecule has 1 aromatic carbocycles. The van der Waals surface area contributed by atoms with E-state index in [2.05, 4.69) is 5.32 Å². The third-order valence-electron chi connectivity index (χ3n) is 3.56. The van der Waals surface area contributed by atoms with Gasteiger partial charge in [0.15, 0.2) is 0 Å². The lowest BCUT2D eigenvalue weighted by molar-refractivity contribution is -0.147. The normalized spacial score (nSPS) is 17.6. The summed E-state index contributed by atoms with van der Waals surface area (Å²) in [5.41, 5.74) is 0.308. The van der Waals surface area contributed by atoms with Crippen molar-refractivity contribution in [3.63, 3.8) is 0 Å². The first-order valence-corrected chi connectivity index (χ1v) is 6.17. The first kappa shape index (κ1) is 13.5. The molecule has 102 valence electrons. The van der Waals surface area contributed by atoms with Gasteiger partial charge in [0, 0.05) is 12.8 Å². The van der Waals surface area contributed by atoms with Gasteiger partial charge in [-0.2, -0.15) is 0 Å². The van der Waals surface area contributed by atoms with Gasteiger partial charge in [-0.3, -0.25) is 9.59 Å². The molecule has 1 aliphatic rings. The van der Waals surface area contributed by atoms with E-state index in [1.807, 2.05) is 13.0 Å². The summed E-state index contributed by atoms with van der Waals surface area (Å²) in [5, 5.41) is 11.7. The van der Waals surface area contributed by atoms with Crippen LogP contribution in [-0.4, -0.2) is 24.1 Å². The van der Waals surface area contributed by atoms with Crippen LogP contribution in [0.5, 0.6) is 0 Å². The topological polar surface area (TPSA) is 75.6 Å². The number of amides is 1. The van der Waals surface area contributed by atoms with Crippen LogP contribution in [0, 0.1) is 5.41 Å². The molecule has 2 N–H and O–H groups in total. The highest BCUT2D eigenvalue weighted by Gasteiger charge is 2.57. The lowest BCUT2D eigenvalue weighted by atomic mass is 10.1. The molecule has 1 fully saturated rings. The molecule has 0 bridgehead atoms. The van der Waals surface area contributed by atoms with Crippen LogP contribution >= 0.6 is 0 Å². The van der Waals surface area contributed by atoms with Crippen molar-refractivity contribution >= 4 is 17.6 Å². The summed E-state index contributed by atoms with van der Waals surface area (Å²) in [6.07, 6.45) is 0.733. The van der Waals surface area contributed by atoms with Crippen molar-refractivity contribution in [1.82, 2.24) is 0 Å². The molecule has 2 rings (SSSR count). The Balaban J connectivity index is 2.12. The number of carboxylic acid groups (broad SMARTS) is 1. The predicted molar refractivity (Wildman–Crippen MR) is 69.8 cm³/mol.